The summed E-state index contributed by atoms with van der Waals surface area (Å²) < 4.78 is 28.9. The summed E-state index contributed by atoms with van der Waals surface area (Å²) in [6.45, 7) is 10.7. The summed E-state index contributed by atoms with van der Waals surface area (Å²) in [7, 11) is 0. The molecule has 6 rings (SSSR count). The highest BCUT2D eigenvalue weighted by atomic mass is 19.1. The van der Waals surface area contributed by atoms with Crippen LogP contribution in [0.5, 0.6) is 0 Å². The van der Waals surface area contributed by atoms with Crippen molar-refractivity contribution in [3.63, 3.8) is 0 Å². The molecule has 1 saturated carbocycles. The molecule has 0 saturated heterocycles. The van der Waals surface area contributed by atoms with E-state index in [0.29, 0.717) is 23.2 Å². The molecule has 1 aliphatic carbocycles. The molecule has 0 unspecified atom stereocenters. The summed E-state index contributed by atoms with van der Waals surface area (Å²) in [5.74, 6) is 1.09. The van der Waals surface area contributed by atoms with E-state index >= 15 is 4.39 Å². The number of carbonyl (C=O) groups excluding carboxylic acids is 2. The molecule has 12 heteroatoms. The van der Waals surface area contributed by atoms with Crippen molar-refractivity contribution in [2.45, 2.75) is 83.7 Å². The zero-order chi connectivity index (χ0) is 35.0. The molecule has 3 aromatic heterocycles. The molecule has 0 atom stereocenters. The number of hydrogen-bond acceptors (Lipinski definition) is 8. The first-order valence-electron chi connectivity index (χ1n) is 16.4. The Morgan fingerprint density at radius 2 is 1.69 bits per heavy atom. The van der Waals surface area contributed by atoms with E-state index in [2.05, 4.69) is 15.4 Å². The van der Waals surface area contributed by atoms with Crippen LogP contribution < -0.4 is 10.2 Å². The highest BCUT2D eigenvalue weighted by Gasteiger charge is 2.33. The molecule has 256 valence electrons. The molecule has 1 N–H and O–H groups in total. The van der Waals surface area contributed by atoms with Crippen LogP contribution in [0.2, 0.25) is 0 Å². The molecule has 1 aromatic carbocycles. The minimum absolute atomic E-state index is 0.174. The number of pyridine rings is 1. The number of amides is 2. The van der Waals surface area contributed by atoms with Gasteiger partial charge in [-0.25, -0.2) is 19.0 Å². The number of nitrogens with one attached hydrogen (secondary N) is 1. The van der Waals surface area contributed by atoms with E-state index in [1.165, 1.54) is 34.4 Å². The first-order chi connectivity index (χ1) is 23.2. The second-order valence-corrected chi connectivity index (χ2v) is 14.4. The van der Waals surface area contributed by atoms with Crippen LogP contribution in [-0.4, -0.2) is 60.1 Å². The number of anilines is 2. The van der Waals surface area contributed by atoms with E-state index in [1.54, 1.807) is 43.7 Å². The molecular formula is C37H42FN7O4. The Morgan fingerprint density at radius 3 is 2.31 bits per heavy atom. The molecule has 0 bridgehead atoms. The monoisotopic (exact) mass is 667 g/mol. The topological polar surface area (TPSA) is 114 Å². The van der Waals surface area contributed by atoms with Gasteiger partial charge in [-0.05, 0) is 90.2 Å². The number of alkyl halides is 1. The van der Waals surface area contributed by atoms with E-state index in [1.807, 2.05) is 63.2 Å². The van der Waals surface area contributed by atoms with Crippen LogP contribution in [0.3, 0.4) is 0 Å². The second-order valence-electron chi connectivity index (χ2n) is 14.4. The standard InChI is InChI=1S/C37H42FN7O4/c1-35(2,3)48-33(46)43-19-16-37(38,17-20-43)24-40-30-21-31(45-32(42-30)28(22-41-45)26-14-15-26)44(34(47)49-36(4,5)6)23-25-10-12-27(13-11-25)29-9-7-8-18-39-29/h7-13,16-22,26H,14-15,23-24H2,1-6H3,(H,40,42). The van der Waals surface area contributed by atoms with Crippen LogP contribution >= 0.6 is 0 Å². The van der Waals surface area contributed by atoms with Crippen LogP contribution in [0.15, 0.2) is 85.5 Å². The minimum Gasteiger partial charge on any atom is -0.443 e. The highest BCUT2D eigenvalue weighted by Crippen LogP contribution is 2.42. The normalized spacial score (nSPS) is 15.7. The van der Waals surface area contributed by atoms with Gasteiger partial charge < -0.3 is 14.8 Å². The van der Waals surface area contributed by atoms with Crippen molar-refractivity contribution < 1.29 is 23.5 Å². The van der Waals surface area contributed by atoms with Crippen LogP contribution in [0.25, 0.3) is 16.9 Å². The summed E-state index contributed by atoms with van der Waals surface area (Å²) in [4.78, 5) is 38.3. The first kappa shape index (κ1) is 33.6. The van der Waals surface area contributed by atoms with Gasteiger partial charge in [0.25, 0.3) is 0 Å². The summed E-state index contributed by atoms with van der Waals surface area (Å²) in [6.07, 6.45) is 9.69. The van der Waals surface area contributed by atoms with E-state index < -0.39 is 29.1 Å². The smallest absolute Gasteiger partial charge is 0.418 e. The summed E-state index contributed by atoms with van der Waals surface area (Å²) in [5.41, 5.74) is 0.834. The fraction of sp³-hybridized carbons (Fsp3) is 0.378. The second kappa shape index (κ2) is 13.0. The molecule has 0 spiro atoms. The van der Waals surface area contributed by atoms with Crippen LogP contribution in [0.1, 0.15) is 71.4 Å². The first-order valence-corrected chi connectivity index (χ1v) is 16.4. The Kier molecular flexibility index (Phi) is 8.91. The number of benzene rings is 1. The van der Waals surface area contributed by atoms with Crippen molar-refractivity contribution in [1.82, 2.24) is 24.5 Å². The van der Waals surface area contributed by atoms with E-state index in [4.69, 9.17) is 14.5 Å². The predicted octanol–water partition coefficient (Wildman–Crippen LogP) is 8.01. The van der Waals surface area contributed by atoms with Crippen LogP contribution in [0.4, 0.5) is 25.6 Å². The number of aromatic nitrogens is 4. The van der Waals surface area contributed by atoms with Gasteiger partial charge in [0.2, 0.25) is 0 Å². The van der Waals surface area contributed by atoms with Crippen molar-refractivity contribution in [3.05, 3.63) is 96.6 Å². The van der Waals surface area contributed by atoms with Gasteiger partial charge in [0.15, 0.2) is 11.3 Å². The van der Waals surface area contributed by atoms with Crippen molar-refractivity contribution >= 4 is 29.5 Å². The number of rotatable bonds is 8. The van der Waals surface area contributed by atoms with Crippen molar-refractivity contribution in [3.8, 4) is 11.3 Å². The van der Waals surface area contributed by atoms with Gasteiger partial charge in [0, 0.05) is 35.8 Å². The SMILES string of the molecule is CC(C)(C)OC(=O)N1C=CC(F)(CNc2cc(N(Cc3ccc(-c4ccccn4)cc3)C(=O)OC(C)(C)C)n3ncc(C4CC4)c3n2)C=C1. The average Bonchev–Trinajstić information content (AvgIpc) is 3.80. The average molecular weight is 668 g/mol. The zero-order valence-electron chi connectivity index (χ0n) is 28.7. The third kappa shape index (κ3) is 8.25. The predicted molar refractivity (Wildman–Crippen MR) is 186 cm³/mol. The van der Waals surface area contributed by atoms with Gasteiger partial charge in [-0.1, -0.05) is 30.3 Å². The highest BCUT2D eigenvalue weighted by molar-refractivity contribution is 5.88. The van der Waals surface area contributed by atoms with Crippen molar-refractivity contribution in [2.75, 3.05) is 16.8 Å². The molecule has 4 aromatic rings. The number of nitrogens with zero attached hydrogens (tertiary/aromatic N) is 6. The van der Waals surface area contributed by atoms with Gasteiger partial charge >= 0.3 is 12.2 Å². The summed E-state index contributed by atoms with van der Waals surface area (Å²) >= 11 is 0. The largest absolute Gasteiger partial charge is 0.443 e. The molecule has 4 heterocycles. The van der Waals surface area contributed by atoms with Crippen LogP contribution in [-0.2, 0) is 16.0 Å². The Labute approximate surface area is 285 Å². The molecule has 2 aliphatic rings. The zero-order valence-corrected chi connectivity index (χ0v) is 28.7. The number of fused-ring (bicyclic) bond motifs is 1. The van der Waals surface area contributed by atoms with Gasteiger partial charge in [-0.3, -0.25) is 14.8 Å². The van der Waals surface area contributed by atoms with Crippen molar-refractivity contribution in [1.29, 1.82) is 0 Å². The minimum atomic E-state index is -1.92. The molecule has 11 nitrogen and oxygen atoms in total. The fourth-order valence-electron chi connectivity index (χ4n) is 5.28. The number of ether oxygens (including phenoxy) is 2. The van der Waals surface area contributed by atoms with Gasteiger partial charge in [-0.2, -0.15) is 9.61 Å². The molecule has 0 radical (unpaired) electrons. The number of carbonyl (C=O) groups is 2. The molecule has 2 amide bonds. The van der Waals surface area contributed by atoms with Gasteiger partial charge in [0.1, 0.15) is 22.8 Å². The summed E-state index contributed by atoms with van der Waals surface area (Å²) in [5, 5.41) is 7.78. The molecule has 1 fully saturated rings. The lowest BCUT2D eigenvalue weighted by molar-refractivity contribution is 0.0392. The lowest BCUT2D eigenvalue weighted by Crippen LogP contribution is -2.38. The van der Waals surface area contributed by atoms with E-state index in [9.17, 15) is 9.59 Å². The maximum Gasteiger partial charge on any atom is 0.418 e. The Bertz CT molecular complexity index is 1870. The van der Waals surface area contributed by atoms with Gasteiger partial charge in [-0.15, -0.1) is 0 Å². The van der Waals surface area contributed by atoms with Crippen molar-refractivity contribution in [2.24, 2.45) is 0 Å². The van der Waals surface area contributed by atoms with Crippen LogP contribution in [0, 0.1) is 0 Å². The maximum absolute atomic E-state index is 16.0. The number of hydrogen-bond donors (Lipinski definition) is 1. The number of halogens is 1. The summed E-state index contributed by atoms with van der Waals surface area (Å²) in [6, 6.07) is 15.3. The Hall–Kier alpha value is -5.26. The Morgan fingerprint density at radius 1 is 1.00 bits per heavy atom. The molecule has 1 aliphatic heterocycles. The maximum atomic E-state index is 16.0. The lowest BCUT2D eigenvalue weighted by atomic mass is 10.0. The third-order valence-corrected chi connectivity index (χ3v) is 7.81. The molecular weight excluding hydrogens is 625 g/mol. The lowest BCUT2D eigenvalue weighted by Gasteiger charge is -2.29. The quantitative estimate of drug-likeness (QED) is 0.201. The molecule has 49 heavy (non-hydrogen) atoms. The third-order valence-electron chi connectivity index (χ3n) is 7.81. The van der Waals surface area contributed by atoms with Gasteiger partial charge in [0.05, 0.1) is 25.0 Å². The fourth-order valence-corrected chi connectivity index (χ4v) is 5.28. The van der Waals surface area contributed by atoms with E-state index in [-0.39, 0.29) is 13.1 Å². The van der Waals surface area contributed by atoms with E-state index in [0.717, 1.165) is 35.2 Å². The Balaban J connectivity index is 1.30.